The van der Waals surface area contributed by atoms with Crippen LogP contribution in [0.1, 0.15) is 50.7 Å². The lowest BCUT2D eigenvalue weighted by Crippen LogP contribution is -2.58. The molecule has 1 saturated heterocycles. The maximum Gasteiger partial charge on any atom is 0.245 e. The van der Waals surface area contributed by atoms with Crippen LogP contribution in [0.5, 0.6) is 0 Å². The Labute approximate surface area is 283 Å². The van der Waals surface area contributed by atoms with Crippen molar-refractivity contribution in [2.45, 2.75) is 76.5 Å². The van der Waals surface area contributed by atoms with Crippen molar-refractivity contribution < 1.29 is 19.2 Å². The van der Waals surface area contributed by atoms with E-state index in [1.807, 2.05) is 91.2 Å². The second-order valence-electron chi connectivity index (χ2n) is 12.4. The Balaban J connectivity index is 1.76. The van der Waals surface area contributed by atoms with Crippen LogP contribution in [0.15, 0.2) is 60.7 Å². The molecule has 2 aromatic rings. The first-order chi connectivity index (χ1) is 22.7. The molecule has 3 rings (SSSR count). The van der Waals surface area contributed by atoms with Crippen LogP contribution in [0.2, 0.25) is 0 Å². The molecule has 0 aromatic heterocycles. The zero-order valence-electron chi connectivity index (χ0n) is 27.8. The van der Waals surface area contributed by atoms with E-state index in [9.17, 15) is 19.2 Å². The number of carbonyl (C=O) groups excluding carboxylic acids is 4. The Hall–Kier alpha value is -3.45. The molecule has 0 saturated carbocycles. The van der Waals surface area contributed by atoms with Crippen LogP contribution in [0.3, 0.4) is 0 Å². The first kappa shape index (κ1) is 38.0. The van der Waals surface area contributed by atoms with Crippen molar-refractivity contribution in [2.75, 3.05) is 37.8 Å². The first-order valence-corrected chi connectivity index (χ1v) is 17.8. The average Bonchev–Trinajstić information content (AvgIpc) is 3.35. The van der Waals surface area contributed by atoms with Crippen LogP contribution in [-0.2, 0) is 32.0 Å². The summed E-state index contributed by atoms with van der Waals surface area (Å²) in [5.41, 5.74) is 13.6. The summed E-state index contributed by atoms with van der Waals surface area (Å²) in [6.07, 6.45) is 2.88. The summed E-state index contributed by atoms with van der Waals surface area (Å²) >= 11 is 1.82. The molecule has 1 heterocycles. The highest BCUT2D eigenvalue weighted by Crippen LogP contribution is 2.14. The van der Waals surface area contributed by atoms with Crippen molar-refractivity contribution in [1.82, 2.24) is 26.2 Å². The van der Waals surface area contributed by atoms with Crippen LogP contribution in [0.25, 0.3) is 0 Å². The molecule has 0 bridgehead atoms. The van der Waals surface area contributed by atoms with Gasteiger partial charge < -0.3 is 37.6 Å². The Bertz CT molecular complexity index is 1240. The number of carbonyl (C=O) groups is 4. The van der Waals surface area contributed by atoms with E-state index in [2.05, 4.69) is 21.3 Å². The average molecular weight is 668 g/mol. The number of thioether (sulfide) groups is 1. The third kappa shape index (κ3) is 13.7. The number of hydrogen-bond acceptors (Lipinski definition) is 8. The molecule has 4 atom stereocenters. The van der Waals surface area contributed by atoms with E-state index in [0.29, 0.717) is 52.0 Å². The zero-order valence-corrected chi connectivity index (χ0v) is 28.6. The molecule has 12 heteroatoms. The van der Waals surface area contributed by atoms with Crippen molar-refractivity contribution in [1.29, 1.82) is 0 Å². The van der Waals surface area contributed by atoms with Gasteiger partial charge in [-0.25, -0.2) is 0 Å². The molecule has 0 radical (unpaired) electrons. The van der Waals surface area contributed by atoms with E-state index in [0.717, 1.165) is 29.1 Å². The van der Waals surface area contributed by atoms with Crippen LogP contribution in [-0.4, -0.2) is 90.5 Å². The molecule has 11 nitrogen and oxygen atoms in total. The lowest BCUT2D eigenvalue weighted by molar-refractivity contribution is -0.138. The van der Waals surface area contributed by atoms with Crippen LogP contribution >= 0.6 is 11.8 Å². The Morgan fingerprint density at radius 3 is 2.02 bits per heavy atom. The molecule has 1 aliphatic heterocycles. The Kier molecular flexibility index (Phi) is 16.7. The highest BCUT2D eigenvalue weighted by Gasteiger charge is 2.32. The topological polar surface area (TPSA) is 172 Å². The smallest absolute Gasteiger partial charge is 0.245 e. The quantitative estimate of drug-likeness (QED) is 0.103. The summed E-state index contributed by atoms with van der Waals surface area (Å²) in [5.74, 6) is 0.449. The second kappa shape index (κ2) is 20.7. The van der Waals surface area contributed by atoms with Crippen molar-refractivity contribution in [2.24, 2.45) is 17.4 Å². The summed E-state index contributed by atoms with van der Waals surface area (Å²) in [6.45, 7) is 6.16. The summed E-state index contributed by atoms with van der Waals surface area (Å²) in [5, 5.41) is 11.8. The molecule has 47 heavy (non-hydrogen) atoms. The number of nitrogens with two attached hydrogens (primary N) is 2. The Morgan fingerprint density at radius 2 is 1.38 bits per heavy atom. The highest BCUT2D eigenvalue weighted by molar-refractivity contribution is 7.99. The van der Waals surface area contributed by atoms with Crippen molar-refractivity contribution in [3.8, 4) is 0 Å². The van der Waals surface area contributed by atoms with E-state index in [-0.39, 0.29) is 18.2 Å². The van der Waals surface area contributed by atoms with Gasteiger partial charge in [0, 0.05) is 31.9 Å². The summed E-state index contributed by atoms with van der Waals surface area (Å²) < 4.78 is 0. The van der Waals surface area contributed by atoms with Gasteiger partial charge >= 0.3 is 0 Å². The van der Waals surface area contributed by atoms with Crippen LogP contribution < -0.4 is 32.7 Å². The first-order valence-electron chi connectivity index (χ1n) is 16.7. The van der Waals surface area contributed by atoms with Gasteiger partial charge in [-0.3, -0.25) is 19.2 Å². The minimum absolute atomic E-state index is 0.0676. The lowest BCUT2D eigenvalue weighted by Gasteiger charge is -2.29. The molecular formula is C35H53N7O4S. The van der Waals surface area contributed by atoms with Crippen LogP contribution in [0, 0.1) is 5.92 Å². The molecule has 0 unspecified atom stereocenters. The number of amides is 4. The fraction of sp³-hybridized carbons (Fsp3) is 0.543. The van der Waals surface area contributed by atoms with E-state index >= 15 is 0 Å². The molecular weight excluding hydrogens is 614 g/mol. The van der Waals surface area contributed by atoms with Crippen LogP contribution in [0.4, 0.5) is 0 Å². The maximum atomic E-state index is 13.9. The van der Waals surface area contributed by atoms with Gasteiger partial charge in [0.05, 0.1) is 6.04 Å². The highest BCUT2D eigenvalue weighted by atomic mass is 32.2. The van der Waals surface area contributed by atoms with Gasteiger partial charge in [0.25, 0.3) is 0 Å². The predicted molar refractivity (Wildman–Crippen MR) is 188 cm³/mol. The largest absolute Gasteiger partial charge is 0.343 e. The fourth-order valence-electron chi connectivity index (χ4n) is 5.52. The van der Waals surface area contributed by atoms with Gasteiger partial charge in [0.2, 0.25) is 23.6 Å². The zero-order chi connectivity index (χ0) is 34.0. The van der Waals surface area contributed by atoms with Gasteiger partial charge in [-0.2, -0.15) is 11.8 Å². The van der Waals surface area contributed by atoms with E-state index in [1.54, 1.807) is 0 Å². The number of nitrogens with one attached hydrogen (secondary N) is 4. The number of benzene rings is 2. The SMILES string of the molecule is CC(C)C[C@@H](NC(=O)[C@@H](Cc1ccccc1)NC(=O)[C@H](N)Cc1ccccc1)C(=O)N[C@H](CCCNCN)C(=O)N1CCCSCC1. The minimum Gasteiger partial charge on any atom is -0.343 e. The van der Waals surface area contributed by atoms with Crippen molar-refractivity contribution in [3.63, 3.8) is 0 Å². The van der Waals surface area contributed by atoms with E-state index < -0.39 is 41.9 Å². The molecule has 0 aliphatic carbocycles. The second-order valence-corrected chi connectivity index (χ2v) is 13.7. The summed E-state index contributed by atoms with van der Waals surface area (Å²) in [4.78, 5) is 56.4. The van der Waals surface area contributed by atoms with Gasteiger partial charge in [-0.1, -0.05) is 74.5 Å². The Morgan fingerprint density at radius 1 is 0.787 bits per heavy atom. The monoisotopic (exact) mass is 667 g/mol. The van der Waals surface area contributed by atoms with Gasteiger partial charge in [0.1, 0.15) is 18.1 Å². The maximum absolute atomic E-state index is 13.9. The third-order valence-corrected chi connectivity index (χ3v) is 9.08. The fourth-order valence-corrected chi connectivity index (χ4v) is 6.41. The van der Waals surface area contributed by atoms with Gasteiger partial charge in [-0.05, 0) is 61.4 Å². The molecule has 0 spiro atoms. The van der Waals surface area contributed by atoms with Gasteiger partial charge in [-0.15, -0.1) is 0 Å². The number of nitrogens with zero attached hydrogens (tertiary/aromatic N) is 1. The summed E-state index contributed by atoms with van der Waals surface area (Å²) in [6, 6.07) is 15.4. The van der Waals surface area contributed by atoms with Crippen molar-refractivity contribution in [3.05, 3.63) is 71.8 Å². The molecule has 2 aromatic carbocycles. The third-order valence-electron chi connectivity index (χ3n) is 8.03. The standard InChI is InChI=1S/C35H53N7O4S/c1-25(2)21-30(33(44)39-29(15-9-16-38-24-36)35(46)42-17-10-19-47-20-18-42)41-34(45)31(23-27-13-7-4-8-14-27)40-32(43)28(37)22-26-11-5-3-6-12-26/h3-8,11-14,25,28-31,38H,9-10,15-24,36-37H2,1-2H3,(H,39,44)(H,40,43)(H,41,45)/t28-,29-,30-,31-/m1/s1. The van der Waals surface area contributed by atoms with E-state index in [1.165, 1.54) is 0 Å². The number of hydrogen-bond donors (Lipinski definition) is 6. The molecule has 1 fully saturated rings. The van der Waals surface area contributed by atoms with Gasteiger partial charge in [0.15, 0.2) is 0 Å². The molecule has 8 N–H and O–H groups in total. The minimum atomic E-state index is -0.969. The molecule has 4 amide bonds. The molecule has 258 valence electrons. The molecule has 1 aliphatic rings. The lowest BCUT2D eigenvalue weighted by atomic mass is 9.99. The van der Waals surface area contributed by atoms with Crippen molar-refractivity contribution >= 4 is 35.4 Å². The summed E-state index contributed by atoms with van der Waals surface area (Å²) in [7, 11) is 0. The normalized spacial score (nSPS) is 16.0. The predicted octanol–water partition coefficient (Wildman–Crippen LogP) is 1.55. The van der Waals surface area contributed by atoms with E-state index in [4.69, 9.17) is 11.5 Å². The number of rotatable bonds is 18.